The van der Waals surface area contributed by atoms with Crippen molar-refractivity contribution in [3.8, 4) is 0 Å². The molecule has 1 fully saturated rings. The quantitative estimate of drug-likeness (QED) is 0.892. The Morgan fingerprint density at radius 3 is 2.50 bits per heavy atom. The van der Waals surface area contributed by atoms with Gasteiger partial charge in [0.15, 0.2) is 0 Å². The zero-order valence-electron chi connectivity index (χ0n) is 13.6. The molecule has 0 radical (unpaired) electrons. The van der Waals surface area contributed by atoms with E-state index in [1.807, 2.05) is 7.05 Å². The molecule has 112 valence electrons. The Hall–Kier alpha value is -1.20. The van der Waals surface area contributed by atoms with Crippen LogP contribution in [0.15, 0.2) is 6.07 Å². The first-order valence-corrected chi connectivity index (χ1v) is 7.27. The number of piperazine rings is 1. The van der Waals surface area contributed by atoms with Crippen LogP contribution in [-0.4, -0.2) is 60.5 Å². The van der Waals surface area contributed by atoms with E-state index in [4.69, 9.17) is 4.98 Å². The average molecular weight is 277 g/mol. The molecule has 1 atom stereocenters. The van der Waals surface area contributed by atoms with Gasteiger partial charge in [0.05, 0.1) is 11.7 Å². The van der Waals surface area contributed by atoms with Crippen molar-refractivity contribution in [2.75, 3.05) is 46.1 Å². The maximum atomic E-state index is 4.84. The highest BCUT2D eigenvalue weighted by Gasteiger charge is 2.28. The van der Waals surface area contributed by atoms with Crippen molar-refractivity contribution in [3.05, 3.63) is 17.6 Å². The summed E-state index contributed by atoms with van der Waals surface area (Å²) in [4.78, 5) is 14.2. The molecule has 5 heteroatoms. The van der Waals surface area contributed by atoms with Crippen molar-refractivity contribution in [2.45, 2.75) is 32.2 Å². The summed E-state index contributed by atoms with van der Waals surface area (Å²) in [6.07, 6.45) is 0. The van der Waals surface area contributed by atoms with Crippen LogP contribution in [0.2, 0.25) is 0 Å². The number of aromatic nitrogens is 2. The minimum Gasteiger partial charge on any atom is -0.373 e. The maximum absolute atomic E-state index is 4.84. The van der Waals surface area contributed by atoms with Crippen molar-refractivity contribution in [1.82, 2.24) is 19.8 Å². The van der Waals surface area contributed by atoms with Crippen molar-refractivity contribution in [3.63, 3.8) is 0 Å². The molecule has 1 aliphatic heterocycles. The van der Waals surface area contributed by atoms with Gasteiger partial charge in [0.25, 0.3) is 0 Å². The van der Waals surface area contributed by atoms with E-state index < -0.39 is 0 Å². The molecule has 2 heterocycles. The number of hydrogen-bond acceptors (Lipinski definition) is 5. The Labute approximate surface area is 122 Å². The Kier molecular flexibility index (Phi) is 4.30. The number of nitrogens with zero attached hydrogens (tertiary/aromatic N) is 4. The molecule has 0 aromatic carbocycles. The lowest BCUT2D eigenvalue weighted by Gasteiger charge is -2.37. The third-order valence-electron chi connectivity index (χ3n) is 3.92. The topological polar surface area (TPSA) is 44.3 Å². The second-order valence-corrected chi connectivity index (χ2v) is 6.76. The van der Waals surface area contributed by atoms with Gasteiger partial charge in [-0.05, 0) is 14.1 Å². The summed E-state index contributed by atoms with van der Waals surface area (Å²) in [5.74, 6) is 1.83. The fourth-order valence-electron chi connectivity index (χ4n) is 2.42. The summed E-state index contributed by atoms with van der Waals surface area (Å²) < 4.78 is 0. The SMILES string of the molecule is CNc1cc(C(C)(C)C)nc(C2CN(C)CCN2C)n1. The summed E-state index contributed by atoms with van der Waals surface area (Å²) in [6, 6.07) is 2.32. The van der Waals surface area contributed by atoms with E-state index in [-0.39, 0.29) is 11.5 Å². The Balaban J connectivity index is 2.39. The van der Waals surface area contributed by atoms with Gasteiger partial charge in [-0.1, -0.05) is 20.8 Å². The van der Waals surface area contributed by atoms with E-state index in [0.29, 0.717) is 0 Å². The normalized spacial score (nSPS) is 22.0. The molecule has 1 aromatic heterocycles. The molecule has 1 aliphatic rings. The molecule has 0 amide bonds. The predicted molar refractivity (Wildman–Crippen MR) is 83.1 cm³/mol. The third kappa shape index (κ3) is 3.27. The van der Waals surface area contributed by atoms with E-state index in [1.165, 1.54) is 0 Å². The average Bonchev–Trinajstić information content (AvgIpc) is 2.40. The van der Waals surface area contributed by atoms with Gasteiger partial charge in [-0.2, -0.15) is 0 Å². The Morgan fingerprint density at radius 2 is 1.90 bits per heavy atom. The monoisotopic (exact) mass is 277 g/mol. The van der Waals surface area contributed by atoms with E-state index in [1.54, 1.807) is 0 Å². The molecule has 0 aliphatic carbocycles. The fraction of sp³-hybridized carbons (Fsp3) is 0.733. The van der Waals surface area contributed by atoms with Gasteiger partial charge in [0, 0.05) is 38.2 Å². The van der Waals surface area contributed by atoms with E-state index in [9.17, 15) is 0 Å². The van der Waals surface area contributed by atoms with Gasteiger partial charge in [0.1, 0.15) is 11.6 Å². The van der Waals surface area contributed by atoms with Crippen molar-refractivity contribution in [1.29, 1.82) is 0 Å². The van der Waals surface area contributed by atoms with Gasteiger partial charge in [-0.25, -0.2) is 9.97 Å². The van der Waals surface area contributed by atoms with Crippen LogP contribution >= 0.6 is 0 Å². The third-order valence-corrected chi connectivity index (χ3v) is 3.92. The minimum absolute atomic E-state index is 0.0302. The van der Waals surface area contributed by atoms with Gasteiger partial charge in [-0.15, -0.1) is 0 Å². The number of hydrogen-bond donors (Lipinski definition) is 1. The van der Waals surface area contributed by atoms with Gasteiger partial charge < -0.3 is 10.2 Å². The highest BCUT2D eigenvalue weighted by Crippen LogP contribution is 2.26. The molecule has 0 spiro atoms. The lowest BCUT2D eigenvalue weighted by Crippen LogP contribution is -2.45. The Morgan fingerprint density at radius 1 is 1.20 bits per heavy atom. The van der Waals surface area contributed by atoms with Gasteiger partial charge >= 0.3 is 0 Å². The van der Waals surface area contributed by atoms with Crippen LogP contribution in [0.3, 0.4) is 0 Å². The second-order valence-electron chi connectivity index (χ2n) is 6.76. The van der Waals surface area contributed by atoms with Gasteiger partial charge in [-0.3, -0.25) is 4.90 Å². The minimum atomic E-state index is 0.0302. The highest BCUT2D eigenvalue weighted by molar-refractivity contribution is 5.37. The van der Waals surface area contributed by atoms with Crippen molar-refractivity contribution < 1.29 is 0 Å². The van der Waals surface area contributed by atoms with E-state index >= 15 is 0 Å². The molecule has 1 unspecified atom stereocenters. The molecular formula is C15H27N5. The van der Waals surface area contributed by atoms with Crippen LogP contribution in [0.4, 0.5) is 5.82 Å². The maximum Gasteiger partial charge on any atom is 0.149 e. The zero-order valence-corrected chi connectivity index (χ0v) is 13.6. The first kappa shape index (κ1) is 15.2. The van der Waals surface area contributed by atoms with Crippen LogP contribution in [-0.2, 0) is 5.41 Å². The predicted octanol–water partition coefficient (Wildman–Crippen LogP) is 1.73. The number of likely N-dealkylation sites (N-methyl/N-ethyl adjacent to an activating group) is 2. The Bertz CT molecular complexity index is 466. The second kappa shape index (κ2) is 5.66. The largest absolute Gasteiger partial charge is 0.373 e. The van der Waals surface area contributed by atoms with Crippen molar-refractivity contribution >= 4 is 5.82 Å². The summed E-state index contributed by atoms with van der Waals surface area (Å²) >= 11 is 0. The van der Waals surface area contributed by atoms with Crippen LogP contribution in [0.25, 0.3) is 0 Å². The molecule has 1 saturated heterocycles. The summed E-state index contributed by atoms with van der Waals surface area (Å²) in [7, 11) is 6.23. The van der Waals surface area contributed by atoms with Gasteiger partial charge in [0.2, 0.25) is 0 Å². The summed E-state index contributed by atoms with van der Waals surface area (Å²) in [5.41, 5.74) is 1.12. The first-order valence-electron chi connectivity index (χ1n) is 7.27. The van der Waals surface area contributed by atoms with Crippen LogP contribution in [0, 0.1) is 0 Å². The number of nitrogens with one attached hydrogen (secondary N) is 1. The number of anilines is 1. The smallest absolute Gasteiger partial charge is 0.149 e. The summed E-state index contributed by atoms with van der Waals surface area (Å²) in [6.45, 7) is 9.71. The molecule has 2 rings (SSSR count). The van der Waals surface area contributed by atoms with E-state index in [2.05, 4.69) is 61.0 Å². The fourth-order valence-corrected chi connectivity index (χ4v) is 2.42. The van der Waals surface area contributed by atoms with E-state index in [0.717, 1.165) is 37.0 Å². The molecule has 1 aromatic rings. The lowest BCUT2D eigenvalue weighted by atomic mass is 9.91. The van der Waals surface area contributed by atoms with Crippen LogP contribution < -0.4 is 5.32 Å². The molecule has 20 heavy (non-hydrogen) atoms. The number of rotatable bonds is 2. The molecule has 0 bridgehead atoms. The van der Waals surface area contributed by atoms with Crippen LogP contribution in [0.1, 0.15) is 38.3 Å². The van der Waals surface area contributed by atoms with Crippen LogP contribution in [0.5, 0.6) is 0 Å². The molecule has 0 saturated carbocycles. The molecular weight excluding hydrogens is 250 g/mol. The standard InChI is InChI=1S/C15H27N5/c1-15(2,3)12-9-13(16-4)18-14(17-12)11-10-19(5)7-8-20(11)6/h9,11H,7-8,10H2,1-6H3,(H,16,17,18). The molecule has 1 N–H and O–H groups in total. The zero-order chi connectivity index (χ0) is 14.9. The molecule has 5 nitrogen and oxygen atoms in total. The highest BCUT2D eigenvalue weighted by atomic mass is 15.3. The lowest BCUT2D eigenvalue weighted by molar-refractivity contribution is 0.109. The van der Waals surface area contributed by atoms with Crippen molar-refractivity contribution in [2.24, 2.45) is 0 Å². The first-order chi connectivity index (χ1) is 9.31. The summed E-state index contributed by atoms with van der Waals surface area (Å²) in [5, 5.41) is 3.16.